The maximum absolute atomic E-state index is 12.7. The summed E-state index contributed by atoms with van der Waals surface area (Å²) < 4.78 is 0. The van der Waals surface area contributed by atoms with Crippen LogP contribution in [-0.4, -0.2) is 36.0 Å². The molecular weight excluding hydrogens is 212 g/mol. The van der Waals surface area contributed by atoms with E-state index in [9.17, 15) is 4.79 Å². The largest absolute Gasteiger partial charge is 0.341 e. The number of likely N-dealkylation sites (tertiary alicyclic amines) is 1. The van der Waals surface area contributed by atoms with Crippen LogP contribution >= 0.6 is 0 Å². The first-order valence-corrected chi connectivity index (χ1v) is 7.12. The number of nitrogens with zero attached hydrogens (tertiary/aromatic N) is 1. The summed E-state index contributed by atoms with van der Waals surface area (Å²) >= 11 is 0. The van der Waals surface area contributed by atoms with Crippen LogP contribution in [0.3, 0.4) is 0 Å². The fourth-order valence-electron chi connectivity index (χ4n) is 3.57. The predicted molar refractivity (Wildman–Crippen MR) is 69.8 cm³/mol. The zero-order valence-electron chi connectivity index (χ0n) is 11.5. The fourth-order valence-corrected chi connectivity index (χ4v) is 3.57. The van der Waals surface area contributed by atoms with E-state index in [0.29, 0.717) is 17.7 Å². The van der Waals surface area contributed by atoms with Gasteiger partial charge in [-0.2, -0.15) is 0 Å². The Bertz CT molecular complexity index is 274. The molecule has 2 fully saturated rings. The van der Waals surface area contributed by atoms with Crippen LogP contribution in [0.2, 0.25) is 0 Å². The maximum Gasteiger partial charge on any atom is 0.242 e. The third-order valence-corrected chi connectivity index (χ3v) is 4.41. The van der Waals surface area contributed by atoms with Crippen LogP contribution in [-0.2, 0) is 4.79 Å². The molecule has 0 aromatic rings. The Labute approximate surface area is 105 Å². The van der Waals surface area contributed by atoms with Crippen molar-refractivity contribution in [2.75, 3.05) is 19.6 Å². The van der Waals surface area contributed by atoms with Crippen molar-refractivity contribution >= 4 is 5.91 Å². The molecule has 2 rings (SSSR count). The Morgan fingerprint density at radius 3 is 2.47 bits per heavy atom. The average Bonchev–Trinajstić information content (AvgIpc) is 2.76. The first kappa shape index (κ1) is 12.9. The van der Waals surface area contributed by atoms with Crippen molar-refractivity contribution in [3.05, 3.63) is 0 Å². The van der Waals surface area contributed by atoms with Crippen LogP contribution in [0.4, 0.5) is 0 Å². The molecule has 2 saturated heterocycles. The van der Waals surface area contributed by atoms with Crippen molar-refractivity contribution in [1.82, 2.24) is 10.2 Å². The zero-order valence-corrected chi connectivity index (χ0v) is 11.5. The molecule has 0 aromatic heterocycles. The molecule has 1 N–H and O–H groups in total. The van der Waals surface area contributed by atoms with E-state index in [1.165, 1.54) is 6.42 Å². The van der Waals surface area contributed by atoms with Crippen LogP contribution in [0.1, 0.15) is 46.5 Å². The second-order valence-corrected chi connectivity index (χ2v) is 6.12. The summed E-state index contributed by atoms with van der Waals surface area (Å²) in [5.41, 5.74) is -0.239. The minimum Gasteiger partial charge on any atom is -0.341 e. The normalized spacial score (nSPS) is 38.4. The van der Waals surface area contributed by atoms with E-state index in [4.69, 9.17) is 0 Å². The van der Waals surface area contributed by atoms with Gasteiger partial charge in [0.15, 0.2) is 0 Å². The zero-order chi connectivity index (χ0) is 12.5. The second-order valence-electron chi connectivity index (χ2n) is 6.12. The van der Waals surface area contributed by atoms with E-state index in [1.807, 2.05) is 0 Å². The van der Waals surface area contributed by atoms with Crippen LogP contribution < -0.4 is 5.32 Å². The number of amides is 1. The standard InChI is InChI=1S/C14H26N2O/c1-4-14(6-5-7-15-14)13(17)16-9-11(2)8-12(3)10-16/h11-12,15H,4-10H2,1-3H3. The summed E-state index contributed by atoms with van der Waals surface area (Å²) in [7, 11) is 0. The molecule has 98 valence electrons. The number of hydrogen-bond donors (Lipinski definition) is 1. The molecule has 0 aromatic carbocycles. The van der Waals surface area contributed by atoms with Gasteiger partial charge in [-0.3, -0.25) is 4.79 Å². The fraction of sp³-hybridized carbons (Fsp3) is 0.929. The minimum absolute atomic E-state index is 0.239. The Morgan fingerprint density at radius 2 is 2.00 bits per heavy atom. The third kappa shape index (κ3) is 2.49. The summed E-state index contributed by atoms with van der Waals surface area (Å²) in [6, 6.07) is 0. The van der Waals surface area contributed by atoms with Crippen molar-refractivity contribution in [2.45, 2.75) is 52.0 Å². The molecule has 3 nitrogen and oxygen atoms in total. The van der Waals surface area contributed by atoms with Crippen molar-refractivity contribution in [3.63, 3.8) is 0 Å². The maximum atomic E-state index is 12.7. The SMILES string of the molecule is CCC1(C(=O)N2CC(C)CC(C)C2)CCCN1. The minimum atomic E-state index is -0.239. The van der Waals surface area contributed by atoms with Crippen LogP contribution in [0.25, 0.3) is 0 Å². The predicted octanol–water partition coefficient (Wildman–Crippen LogP) is 2.02. The summed E-state index contributed by atoms with van der Waals surface area (Å²) in [5, 5.41) is 3.46. The molecule has 2 heterocycles. The van der Waals surface area contributed by atoms with E-state index in [0.717, 1.165) is 38.9 Å². The number of carbonyl (C=O) groups is 1. The molecule has 1 amide bonds. The summed E-state index contributed by atoms with van der Waals surface area (Å²) in [5.74, 6) is 1.66. The van der Waals surface area contributed by atoms with E-state index < -0.39 is 0 Å². The Morgan fingerprint density at radius 1 is 1.35 bits per heavy atom. The lowest BCUT2D eigenvalue weighted by atomic mass is 9.87. The first-order valence-electron chi connectivity index (χ1n) is 7.12. The Kier molecular flexibility index (Phi) is 3.76. The molecule has 0 radical (unpaired) electrons. The number of carbonyl (C=O) groups excluding carboxylic acids is 1. The van der Waals surface area contributed by atoms with Crippen LogP contribution in [0, 0.1) is 11.8 Å². The molecular formula is C14H26N2O. The highest BCUT2D eigenvalue weighted by atomic mass is 16.2. The Balaban J connectivity index is 2.08. The van der Waals surface area contributed by atoms with Gasteiger partial charge in [0.05, 0.1) is 5.54 Å². The van der Waals surface area contributed by atoms with Gasteiger partial charge in [0, 0.05) is 13.1 Å². The van der Waals surface area contributed by atoms with Gasteiger partial charge in [-0.05, 0) is 44.1 Å². The highest BCUT2D eigenvalue weighted by molar-refractivity contribution is 5.86. The monoisotopic (exact) mass is 238 g/mol. The van der Waals surface area contributed by atoms with E-state index in [2.05, 4.69) is 31.0 Å². The summed E-state index contributed by atoms with van der Waals surface area (Å²) in [6.07, 6.45) is 4.33. The third-order valence-electron chi connectivity index (χ3n) is 4.41. The van der Waals surface area contributed by atoms with Gasteiger partial charge in [0.2, 0.25) is 5.91 Å². The highest BCUT2D eigenvalue weighted by Gasteiger charge is 2.42. The van der Waals surface area contributed by atoms with Gasteiger partial charge < -0.3 is 10.2 Å². The van der Waals surface area contributed by atoms with Crippen molar-refractivity contribution in [3.8, 4) is 0 Å². The molecule has 2 aliphatic heterocycles. The molecule has 3 atom stereocenters. The van der Waals surface area contributed by atoms with Crippen LogP contribution in [0.15, 0.2) is 0 Å². The molecule has 0 aliphatic carbocycles. The van der Waals surface area contributed by atoms with Gasteiger partial charge >= 0.3 is 0 Å². The lowest BCUT2D eigenvalue weighted by Crippen LogP contribution is -2.57. The number of hydrogen-bond acceptors (Lipinski definition) is 2. The quantitative estimate of drug-likeness (QED) is 0.798. The lowest BCUT2D eigenvalue weighted by molar-refractivity contribution is -0.140. The number of piperidine rings is 1. The molecule has 3 unspecified atom stereocenters. The van der Waals surface area contributed by atoms with Gasteiger partial charge in [-0.1, -0.05) is 20.8 Å². The molecule has 0 saturated carbocycles. The topological polar surface area (TPSA) is 32.3 Å². The van der Waals surface area contributed by atoms with Gasteiger partial charge in [0.25, 0.3) is 0 Å². The molecule has 0 bridgehead atoms. The average molecular weight is 238 g/mol. The summed E-state index contributed by atoms with van der Waals surface area (Å²) in [4.78, 5) is 14.8. The molecule has 2 aliphatic rings. The highest BCUT2D eigenvalue weighted by Crippen LogP contribution is 2.29. The molecule has 0 spiro atoms. The van der Waals surface area contributed by atoms with E-state index in [-0.39, 0.29) is 5.54 Å². The Hall–Kier alpha value is -0.570. The van der Waals surface area contributed by atoms with Gasteiger partial charge in [0.1, 0.15) is 0 Å². The number of rotatable bonds is 2. The van der Waals surface area contributed by atoms with Gasteiger partial charge in [-0.15, -0.1) is 0 Å². The van der Waals surface area contributed by atoms with Crippen molar-refractivity contribution < 1.29 is 4.79 Å². The first-order chi connectivity index (χ1) is 8.07. The smallest absolute Gasteiger partial charge is 0.242 e. The number of nitrogens with one attached hydrogen (secondary N) is 1. The molecule has 17 heavy (non-hydrogen) atoms. The van der Waals surface area contributed by atoms with Crippen molar-refractivity contribution in [1.29, 1.82) is 0 Å². The van der Waals surface area contributed by atoms with E-state index >= 15 is 0 Å². The van der Waals surface area contributed by atoms with E-state index in [1.54, 1.807) is 0 Å². The lowest BCUT2D eigenvalue weighted by Gasteiger charge is -2.40. The molecule has 3 heteroatoms. The van der Waals surface area contributed by atoms with Gasteiger partial charge in [-0.25, -0.2) is 0 Å². The summed E-state index contributed by atoms with van der Waals surface area (Å²) in [6.45, 7) is 9.55. The van der Waals surface area contributed by atoms with Crippen LogP contribution in [0.5, 0.6) is 0 Å². The van der Waals surface area contributed by atoms with Crippen molar-refractivity contribution in [2.24, 2.45) is 11.8 Å². The second kappa shape index (κ2) is 4.97.